The zero-order chi connectivity index (χ0) is 21.6. The van der Waals surface area contributed by atoms with Crippen molar-refractivity contribution in [1.29, 1.82) is 0 Å². The Bertz CT molecular complexity index is 1150. The number of amides is 1. The third-order valence-electron chi connectivity index (χ3n) is 4.58. The third kappa shape index (κ3) is 5.13. The highest BCUT2D eigenvalue weighted by Crippen LogP contribution is 2.17. The Kier molecular flexibility index (Phi) is 6.02. The lowest BCUT2D eigenvalue weighted by atomic mass is 10.2. The van der Waals surface area contributed by atoms with E-state index in [0.29, 0.717) is 29.5 Å². The highest BCUT2D eigenvalue weighted by molar-refractivity contribution is 6.03. The van der Waals surface area contributed by atoms with Gasteiger partial charge in [-0.1, -0.05) is 36.4 Å². The average molecular weight is 417 g/mol. The molecule has 2 heterocycles. The van der Waals surface area contributed by atoms with Crippen molar-refractivity contribution in [2.75, 3.05) is 5.32 Å². The third-order valence-corrected chi connectivity index (χ3v) is 4.58. The molecule has 0 radical (unpaired) electrons. The Morgan fingerprint density at radius 2 is 1.94 bits per heavy atom. The Balaban J connectivity index is 1.37. The molecule has 2 aromatic heterocycles. The summed E-state index contributed by atoms with van der Waals surface area (Å²) in [5.41, 5.74) is 1.61. The van der Waals surface area contributed by atoms with Gasteiger partial charge in [0.05, 0.1) is 12.6 Å². The highest BCUT2D eigenvalue weighted by Gasteiger charge is 2.12. The van der Waals surface area contributed by atoms with Gasteiger partial charge in [-0.25, -0.2) is 4.68 Å². The highest BCUT2D eigenvalue weighted by atomic mass is 16.5. The Morgan fingerprint density at radius 1 is 1.10 bits per heavy atom. The zero-order valence-corrected chi connectivity index (χ0v) is 17.3. The lowest BCUT2D eigenvalue weighted by molar-refractivity contribution is 0.102. The van der Waals surface area contributed by atoms with Crippen LogP contribution >= 0.6 is 0 Å². The minimum Gasteiger partial charge on any atom is -0.486 e. The van der Waals surface area contributed by atoms with Crippen molar-refractivity contribution < 1.29 is 9.53 Å². The smallest absolute Gasteiger partial charge is 0.256 e. The van der Waals surface area contributed by atoms with Gasteiger partial charge in [0.25, 0.3) is 5.91 Å². The monoisotopic (exact) mass is 417 g/mol. The lowest BCUT2D eigenvalue weighted by Crippen LogP contribution is -2.13. The number of rotatable bonds is 8. The first kappa shape index (κ1) is 20.3. The fourth-order valence-electron chi connectivity index (χ4n) is 3.06. The number of nitrogens with one attached hydrogen (secondary N) is 1. The normalized spacial score (nSPS) is 10.9. The van der Waals surface area contributed by atoms with Crippen LogP contribution in [0.1, 0.15) is 41.6 Å². The van der Waals surface area contributed by atoms with Crippen LogP contribution < -0.4 is 10.1 Å². The van der Waals surface area contributed by atoms with E-state index in [1.54, 1.807) is 39.7 Å². The summed E-state index contributed by atoms with van der Waals surface area (Å²) in [5.74, 6) is 1.40. The molecular weight excluding hydrogens is 394 g/mol. The molecule has 0 saturated carbocycles. The molecule has 0 aliphatic rings. The first-order valence-corrected chi connectivity index (χ1v) is 9.97. The van der Waals surface area contributed by atoms with Crippen LogP contribution in [0.3, 0.4) is 0 Å². The van der Waals surface area contributed by atoms with Crippen molar-refractivity contribution in [3.63, 3.8) is 0 Å². The number of carbonyl (C=O) groups excluding carboxylic acids is 1. The molecule has 9 heteroatoms. The van der Waals surface area contributed by atoms with Crippen LogP contribution in [-0.4, -0.2) is 35.9 Å². The lowest BCUT2D eigenvalue weighted by Gasteiger charge is -2.10. The van der Waals surface area contributed by atoms with E-state index in [-0.39, 0.29) is 18.6 Å². The van der Waals surface area contributed by atoms with Crippen LogP contribution in [0.2, 0.25) is 0 Å². The second-order valence-electron chi connectivity index (χ2n) is 7.29. The van der Waals surface area contributed by atoms with E-state index in [1.165, 1.54) is 0 Å². The Labute approximate surface area is 179 Å². The van der Waals surface area contributed by atoms with Gasteiger partial charge in [-0.15, -0.1) is 5.10 Å². The second kappa shape index (κ2) is 9.21. The number of anilines is 1. The Hall–Kier alpha value is -4.01. The fourth-order valence-corrected chi connectivity index (χ4v) is 3.06. The molecule has 0 atom stereocenters. The standard InChI is InChI=1S/C22H23N7O2/c1-16(2)29-21(24-26-27-29)15-31-19-10-6-9-18(13-19)22(30)23-20-11-12-28(25-20)14-17-7-4-3-5-8-17/h3-13,16H,14-15H2,1-2H3,(H,23,25,30). The van der Waals surface area contributed by atoms with E-state index in [9.17, 15) is 4.79 Å². The molecule has 4 rings (SSSR count). The molecule has 0 saturated heterocycles. The summed E-state index contributed by atoms with van der Waals surface area (Å²) in [6, 6.07) is 18.9. The predicted octanol–water partition coefficient (Wildman–Crippen LogP) is 3.33. The van der Waals surface area contributed by atoms with E-state index in [2.05, 4.69) is 25.9 Å². The van der Waals surface area contributed by atoms with Gasteiger partial charge < -0.3 is 10.1 Å². The summed E-state index contributed by atoms with van der Waals surface area (Å²) in [5, 5.41) is 18.9. The van der Waals surface area contributed by atoms with Crippen LogP contribution in [-0.2, 0) is 13.2 Å². The van der Waals surface area contributed by atoms with Crippen LogP contribution in [0.5, 0.6) is 5.75 Å². The van der Waals surface area contributed by atoms with Gasteiger partial charge in [-0.2, -0.15) is 5.10 Å². The first-order chi connectivity index (χ1) is 15.1. The summed E-state index contributed by atoms with van der Waals surface area (Å²) in [6.45, 7) is 4.83. The van der Waals surface area contributed by atoms with Crippen molar-refractivity contribution in [2.24, 2.45) is 0 Å². The average Bonchev–Trinajstić information content (AvgIpc) is 3.43. The maximum absolute atomic E-state index is 12.7. The molecule has 0 aliphatic heterocycles. The summed E-state index contributed by atoms with van der Waals surface area (Å²) in [4.78, 5) is 12.7. The van der Waals surface area contributed by atoms with Gasteiger partial charge in [0.15, 0.2) is 11.6 Å². The van der Waals surface area contributed by atoms with Crippen molar-refractivity contribution >= 4 is 11.7 Å². The summed E-state index contributed by atoms with van der Waals surface area (Å²) < 4.78 is 9.27. The number of nitrogens with zero attached hydrogens (tertiary/aromatic N) is 6. The van der Waals surface area contributed by atoms with E-state index in [1.807, 2.05) is 50.4 Å². The molecule has 4 aromatic rings. The molecule has 1 amide bonds. The molecular formula is C22H23N7O2. The molecule has 0 unspecified atom stereocenters. The van der Waals surface area contributed by atoms with Gasteiger partial charge >= 0.3 is 0 Å². The van der Waals surface area contributed by atoms with Gasteiger partial charge in [0.1, 0.15) is 12.4 Å². The van der Waals surface area contributed by atoms with Crippen LogP contribution in [0.25, 0.3) is 0 Å². The number of carbonyl (C=O) groups is 1. The Morgan fingerprint density at radius 3 is 2.74 bits per heavy atom. The fraction of sp³-hybridized carbons (Fsp3) is 0.227. The first-order valence-electron chi connectivity index (χ1n) is 9.97. The number of aromatic nitrogens is 6. The summed E-state index contributed by atoms with van der Waals surface area (Å²) in [7, 11) is 0. The predicted molar refractivity (Wildman–Crippen MR) is 115 cm³/mol. The number of benzene rings is 2. The van der Waals surface area contributed by atoms with Crippen molar-refractivity contribution in [3.8, 4) is 5.75 Å². The quantitative estimate of drug-likeness (QED) is 0.472. The number of hydrogen-bond acceptors (Lipinski definition) is 6. The van der Waals surface area contributed by atoms with Crippen LogP contribution in [0.15, 0.2) is 66.9 Å². The minimum absolute atomic E-state index is 0.132. The van der Waals surface area contributed by atoms with E-state index < -0.39 is 0 Å². The van der Waals surface area contributed by atoms with Crippen LogP contribution in [0.4, 0.5) is 5.82 Å². The zero-order valence-electron chi connectivity index (χ0n) is 17.3. The van der Waals surface area contributed by atoms with Gasteiger partial charge in [-0.3, -0.25) is 9.48 Å². The van der Waals surface area contributed by atoms with Crippen molar-refractivity contribution in [3.05, 3.63) is 83.8 Å². The number of hydrogen-bond donors (Lipinski definition) is 1. The van der Waals surface area contributed by atoms with Gasteiger partial charge in [0, 0.05) is 17.8 Å². The van der Waals surface area contributed by atoms with E-state index in [4.69, 9.17) is 4.74 Å². The molecule has 31 heavy (non-hydrogen) atoms. The number of tetrazole rings is 1. The maximum atomic E-state index is 12.7. The van der Waals surface area contributed by atoms with Gasteiger partial charge in [0.2, 0.25) is 0 Å². The SMILES string of the molecule is CC(C)n1nnnc1COc1cccc(C(=O)Nc2ccn(Cc3ccccc3)n2)c1. The molecule has 0 fully saturated rings. The maximum Gasteiger partial charge on any atom is 0.256 e. The largest absolute Gasteiger partial charge is 0.486 e. The molecule has 0 spiro atoms. The number of ether oxygens (including phenoxy) is 1. The molecule has 9 nitrogen and oxygen atoms in total. The van der Waals surface area contributed by atoms with Crippen LogP contribution in [0, 0.1) is 0 Å². The summed E-state index contributed by atoms with van der Waals surface area (Å²) >= 11 is 0. The second-order valence-corrected chi connectivity index (χ2v) is 7.29. The van der Waals surface area contributed by atoms with Crippen molar-refractivity contribution in [2.45, 2.75) is 33.0 Å². The minimum atomic E-state index is -0.262. The molecule has 0 bridgehead atoms. The van der Waals surface area contributed by atoms with Gasteiger partial charge in [-0.05, 0) is 48.0 Å². The van der Waals surface area contributed by atoms with Crippen molar-refractivity contribution in [1.82, 2.24) is 30.0 Å². The topological polar surface area (TPSA) is 99.8 Å². The molecule has 2 aromatic carbocycles. The van der Waals surface area contributed by atoms with E-state index >= 15 is 0 Å². The molecule has 1 N–H and O–H groups in total. The molecule has 0 aliphatic carbocycles. The van der Waals surface area contributed by atoms with E-state index in [0.717, 1.165) is 5.56 Å². The molecule has 158 valence electrons. The summed E-state index contributed by atoms with van der Waals surface area (Å²) in [6.07, 6.45) is 1.83.